The van der Waals surface area contributed by atoms with Crippen LogP contribution in [0.5, 0.6) is 5.75 Å². The van der Waals surface area contributed by atoms with Crippen LogP contribution in [0.25, 0.3) is 0 Å². The minimum absolute atomic E-state index is 0.00300. The topological polar surface area (TPSA) is 64.3 Å². The molecular formula is C14H22N2O2. The van der Waals surface area contributed by atoms with E-state index in [0.29, 0.717) is 5.75 Å². The highest BCUT2D eigenvalue weighted by atomic mass is 16.5. The molecule has 0 fully saturated rings. The third kappa shape index (κ3) is 5.19. The summed E-state index contributed by atoms with van der Waals surface area (Å²) in [5.74, 6) is 0.544. The molecule has 3 N–H and O–H groups in total. The van der Waals surface area contributed by atoms with Crippen molar-refractivity contribution in [3.63, 3.8) is 0 Å². The van der Waals surface area contributed by atoms with Gasteiger partial charge in [0.1, 0.15) is 5.75 Å². The number of carbonyl (C=O) groups excluding carboxylic acids is 1. The first kappa shape index (κ1) is 14.5. The third-order valence-electron chi connectivity index (χ3n) is 2.29. The van der Waals surface area contributed by atoms with E-state index >= 15 is 0 Å². The van der Waals surface area contributed by atoms with Gasteiger partial charge < -0.3 is 15.8 Å². The normalized spacial score (nSPS) is 12.9. The number of hydrogen-bond donors (Lipinski definition) is 2. The largest absolute Gasteiger partial charge is 0.484 e. The van der Waals surface area contributed by atoms with Crippen LogP contribution in [0.3, 0.4) is 0 Å². The Bertz CT molecular complexity index is 391. The quantitative estimate of drug-likeness (QED) is 0.859. The number of amides is 1. The Morgan fingerprint density at radius 3 is 2.33 bits per heavy atom. The van der Waals surface area contributed by atoms with Gasteiger partial charge in [0.25, 0.3) is 5.91 Å². The standard InChI is InChI=1S/C14H22N2O2/c1-10(15)11-5-7-12(8-6-11)18-9-13(17)16-14(2,3)4/h5-8,10H,9,15H2,1-4H3,(H,16,17)/t10-/m0/s1. The molecule has 1 aromatic carbocycles. The summed E-state index contributed by atoms with van der Waals surface area (Å²) in [7, 11) is 0. The SMILES string of the molecule is C[C@H](N)c1ccc(OCC(=O)NC(C)(C)C)cc1. The van der Waals surface area contributed by atoms with Crippen molar-refractivity contribution in [1.29, 1.82) is 0 Å². The van der Waals surface area contributed by atoms with Crippen LogP contribution in [0.4, 0.5) is 0 Å². The molecule has 4 nitrogen and oxygen atoms in total. The first-order valence-corrected chi connectivity index (χ1v) is 6.07. The Balaban J connectivity index is 2.46. The molecule has 0 heterocycles. The zero-order valence-electron chi connectivity index (χ0n) is 11.5. The number of nitrogens with two attached hydrogens (primary N) is 1. The lowest BCUT2D eigenvalue weighted by molar-refractivity contribution is -0.124. The lowest BCUT2D eigenvalue weighted by Gasteiger charge is -2.20. The summed E-state index contributed by atoms with van der Waals surface area (Å²) in [4.78, 5) is 11.6. The minimum Gasteiger partial charge on any atom is -0.484 e. The van der Waals surface area contributed by atoms with Gasteiger partial charge in [0.05, 0.1) is 0 Å². The van der Waals surface area contributed by atoms with E-state index in [1.165, 1.54) is 0 Å². The van der Waals surface area contributed by atoms with Crippen molar-refractivity contribution >= 4 is 5.91 Å². The summed E-state index contributed by atoms with van der Waals surface area (Å²) in [5, 5.41) is 2.84. The predicted octanol–water partition coefficient (Wildman–Crippen LogP) is 2.00. The molecular weight excluding hydrogens is 228 g/mol. The van der Waals surface area contributed by atoms with Crippen LogP contribution in [0, 0.1) is 0 Å². The molecule has 1 atom stereocenters. The van der Waals surface area contributed by atoms with E-state index in [1.54, 1.807) is 0 Å². The van der Waals surface area contributed by atoms with Crippen molar-refractivity contribution in [3.05, 3.63) is 29.8 Å². The first-order valence-electron chi connectivity index (χ1n) is 6.07. The maximum absolute atomic E-state index is 11.6. The van der Waals surface area contributed by atoms with Crippen molar-refractivity contribution in [3.8, 4) is 5.75 Å². The minimum atomic E-state index is -0.237. The fraction of sp³-hybridized carbons (Fsp3) is 0.500. The highest BCUT2D eigenvalue weighted by Crippen LogP contribution is 2.15. The molecule has 1 aromatic rings. The molecule has 0 aliphatic rings. The van der Waals surface area contributed by atoms with Crippen molar-refractivity contribution in [2.24, 2.45) is 5.73 Å². The molecule has 0 radical (unpaired) electrons. The molecule has 0 aliphatic carbocycles. The van der Waals surface area contributed by atoms with E-state index < -0.39 is 0 Å². The molecule has 0 unspecified atom stereocenters. The first-order chi connectivity index (χ1) is 8.28. The molecule has 18 heavy (non-hydrogen) atoms. The van der Waals surface area contributed by atoms with Gasteiger partial charge in [-0.05, 0) is 45.4 Å². The van der Waals surface area contributed by atoms with Gasteiger partial charge in [-0.25, -0.2) is 0 Å². The van der Waals surface area contributed by atoms with E-state index in [1.807, 2.05) is 52.0 Å². The maximum atomic E-state index is 11.6. The monoisotopic (exact) mass is 250 g/mol. The Morgan fingerprint density at radius 1 is 1.33 bits per heavy atom. The average molecular weight is 250 g/mol. The zero-order valence-corrected chi connectivity index (χ0v) is 11.5. The summed E-state index contributed by atoms with van der Waals surface area (Å²) >= 11 is 0. The summed E-state index contributed by atoms with van der Waals surface area (Å²) in [5.41, 5.74) is 6.56. The van der Waals surface area contributed by atoms with Crippen LogP contribution in [0.2, 0.25) is 0 Å². The second kappa shape index (κ2) is 5.87. The van der Waals surface area contributed by atoms with Gasteiger partial charge in [-0.3, -0.25) is 4.79 Å². The van der Waals surface area contributed by atoms with Gasteiger partial charge in [-0.1, -0.05) is 12.1 Å². The molecule has 1 rings (SSSR count). The summed E-state index contributed by atoms with van der Waals surface area (Å²) < 4.78 is 5.40. The highest BCUT2D eigenvalue weighted by molar-refractivity contribution is 5.78. The lowest BCUT2D eigenvalue weighted by atomic mass is 10.1. The van der Waals surface area contributed by atoms with E-state index in [0.717, 1.165) is 5.56 Å². The number of rotatable bonds is 4. The van der Waals surface area contributed by atoms with Gasteiger partial charge in [0.15, 0.2) is 6.61 Å². The van der Waals surface area contributed by atoms with Gasteiger partial charge in [0, 0.05) is 11.6 Å². The smallest absolute Gasteiger partial charge is 0.258 e. The molecule has 100 valence electrons. The third-order valence-corrected chi connectivity index (χ3v) is 2.29. The second-order valence-corrected chi connectivity index (χ2v) is 5.44. The average Bonchev–Trinajstić information content (AvgIpc) is 2.24. The zero-order chi connectivity index (χ0) is 13.8. The Morgan fingerprint density at radius 2 is 1.89 bits per heavy atom. The van der Waals surface area contributed by atoms with Crippen molar-refractivity contribution in [1.82, 2.24) is 5.32 Å². The van der Waals surface area contributed by atoms with Crippen LogP contribution < -0.4 is 15.8 Å². The Labute approximate surface area is 109 Å². The maximum Gasteiger partial charge on any atom is 0.258 e. The summed E-state index contributed by atoms with van der Waals surface area (Å²) in [6.07, 6.45) is 0. The predicted molar refractivity (Wildman–Crippen MR) is 72.4 cm³/mol. The molecule has 4 heteroatoms. The van der Waals surface area contributed by atoms with Crippen molar-refractivity contribution in [2.75, 3.05) is 6.61 Å². The summed E-state index contributed by atoms with van der Waals surface area (Å²) in [6.45, 7) is 7.74. The lowest BCUT2D eigenvalue weighted by Crippen LogP contribution is -2.43. The Hall–Kier alpha value is -1.55. The molecule has 0 bridgehead atoms. The van der Waals surface area contributed by atoms with Gasteiger partial charge in [-0.2, -0.15) is 0 Å². The molecule has 0 spiro atoms. The number of ether oxygens (including phenoxy) is 1. The van der Waals surface area contributed by atoms with E-state index in [-0.39, 0.29) is 24.1 Å². The summed E-state index contributed by atoms with van der Waals surface area (Å²) in [6, 6.07) is 7.46. The number of nitrogens with one attached hydrogen (secondary N) is 1. The van der Waals surface area contributed by atoms with Crippen LogP contribution >= 0.6 is 0 Å². The van der Waals surface area contributed by atoms with Crippen LogP contribution in [0.1, 0.15) is 39.3 Å². The molecule has 0 saturated heterocycles. The molecule has 0 aliphatic heterocycles. The van der Waals surface area contributed by atoms with E-state index in [2.05, 4.69) is 5.32 Å². The number of hydrogen-bond acceptors (Lipinski definition) is 3. The molecule has 0 saturated carbocycles. The van der Waals surface area contributed by atoms with Gasteiger partial charge in [0.2, 0.25) is 0 Å². The molecule has 1 amide bonds. The molecule has 0 aromatic heterocycles. The fourth-order valence-electron chi connectivity index (χ4n) is 1.47. The highest BCUT2D eigenvalue weighted by Gasteiger charge is 2.13. The van der Waals surface area contributed by atoms with E-state index in [4.69, 9.17) is 10.5 Å². The van der Waals surface area contributed by atoms with Crippen molar-refractivity contribution < 1.29 is 9.53 Å². The van der Waals surface area contributed by atoms with Crippen LogP contribution in [0.15, 0.2) is 24.3 Å². The fourth-order valence-corrected chi connectivity index (χ4v) is 1.47. The van der Waals surface area contributed by atoms with Crippen molar-refractivity contribution in [2.45, 2.75) is 39.3 Å². The number of carbonyl (C=O) groups is 1. The number of benzene rings is 1. The van der Waals surface area contributed by atoms with E-state index in [9.17, 15) is 4.79 Å². The Kier molecular flexibility index (Phi) is 4.73. The van der Waals surface area contributed by atoms with Crippen LogP contribution in [-0.2, 0) is 4.79 Å². The second-order valence-electron chi connectivity index (χ2n) is 5.44. The van der Waals surface area contributed by atoms with Crippen LogP contribution in [-0.4, -0.2) is 18.1 Å². The van der Waals surface area contributed by atoms with Gasteiger partial charge in [-0.15, -0.1) is 0 Å². The van der Waals surface area contributed by atoms with Gasteiger partial charge >= 0.3 is 0 Å².